The number of furan rings is 1. The van der Waals surface area contributed by atoms with Gasteiger partial charge in [0.25, 0.3) is 0 Å². The zero-order valence-corrected chi connectivity index (χ0v) is 15.0. The molecule has 136 valence electrons. The van der Waals surface area contributed by atoms with Crippen LogP contribution < -0.4 is 4.74 Å². The molecule has 2 heterocycles. The lowest BCUT2D eigenvalue weighted by atomic mass is 10.1. The van der Waals surface area contributed by atoms with Gasteiger partial charge in [-0.15, -0.1) is 0 Å². The van der Waals surface area contributed by atoms with E-state index in [9.17, 15) is 4.79 Å². The van der Waals surface area contributed by atoms with Crippen molar-refractivity contribution < 1.29 is 18.5 Å². The lowest BCUT2D eigenvalue weighted by molar-refractivity contribution is -0.132. The van der Waals surface area contributed by atoms with E-state index in [4.69, 9.17) is 13.7 Å². The highest BCUT2D eigenvalue weighted by atomic mass is 16.5. The monoisotopic (exact) mass is 354 g/mol. The van der Waals surface area contributed by atoms with E-state index in [1.165, 1.54) is 0 Å². The van der Waals surface area contributed by atoms with Gasteiger partial charge in [-0.3, -0.25) is 4.79 Å². The van der Waals surface area contributed by atoms with Gasteiger partial charge in [-0.1, -0.05) is 12.1 Å². The van der Waals surface area contributed by atoms with Crippen LogP contribution >= 0.6 is 0 Å². The first-order valence-electron chi connectivity index (χ1n) is 8.59. The van der Waals surface area contributed by atoms with Gasteiger partial charge < -0.3 is 18.6 Å². The average molecular weight is 354 g/mol. The lowest BCUT2D eigenvalue weighted by Crippen LogP contribution is -2.29. The lowest BCUT2D eigenvalue weighted by Gasteiger charge is -2.20. The summed E-state index contributed by atoms with van der Waals surface area (Å²) in [6.07, 6.45) is 2.89. The number of methoxy groups -OCH3 is 1. The third-order valence-corrected chi connectivity index (χ3v) is 4.03. The maximum Gasteiger partial charge on any atom is 0.223 e. The molecule has 6 nitrogen and oxygen atoms in total. The smallest absolute Gasteiger partial charge is 0.223 e. The minimum Gasteiger partial charge on any atom is -0.497 e. The number of amides is 1. The van der Waals surface area contributed by atoms with Crippen LogP contribution in [0.2, 0.25) is 0 Å². The fraction of sp³-hybridized carbons (Fsp3) is 0.300. The van der Waals surface area contributed by atoms with Crippen molar-refractivity contribution in [2.75, 3.05) is 7.11 Å². The van der Waals surface area contributed by atoms with Gasteiger partial charge in [-0.2, -0.15) is 0 Å². The molecule has 0 spiro atoms. The molecule has 0 atom stereocenters. The number of hydrogen-bond acceptors (Lipinski definition) is 5. The Morgan fingerprint density at radius 2 is 2.00 bits per heavy atom. The Morgan fingerprint density at radius 3 is 2.65 bits per heavy atom. The van der Waals surface area contributed by atoms with E-state index in [-0.39, 0.29) is 5.91 Å². The van der Waals surface area contributed by atoms with Crippen LogP contribution in [0, 0.1) is 0 Å². The predicted octanol–water partition coefficient (Wildman–Crippen LogP) is 4.27. The largest absolute Gasteiger partial charge is 0.497 e. The molecule has 2 aromatic heterocycles. The van der Waals surface area contributed by atoms with Crippen molar-refractivity contribution in [3.05, 3.63) is 60.2 Å². The standard InChI is InChI=1S/C20H22N2O4/c1-3-5-20(23)22(14-18-6-4-11-25-18)13-16-12-19(26-21-16)15-7-9-17(24-2)10-8-15/h4,6-12H,3,5,13-14H2,1-2H3. The quantitative estimate of drug-likeness (QED) is 0.604. The maximum absolute atomic E-state index is 12.4. The summed E-state index contributed by atoms with van der Waals surface area (Å²) in [6, 6.07) is 13.1. The molecule has 0 aliphatic rings. The van der Waals surface area contributed by atoms with Crippen molar-refractivity contribution in [2.24, 2.45) is 0 Å². The zero-order chi connectivity index (χ0) is 18.4. The molecule has 26 heavy (non-hydrogen) atoms. The third-order valence-electron chi connectivity index (χ3n) is 4.03. The molecule has 0 N–H and O–H groups in total. The summed E-state index contributed by atoms with van der Waals surface area (Å²) in [5.41, 5.74) is 1.61. The highest BCUT2D eigenvalue weighted by molar-refractivity contribution is 5.76. The minimum absolute atomic E-state index is 0.0675. The van der Waals surface area contributed by atoms with Gasteiger partial charge in [0.05, 0.1) is 26.5 Å². The van der Waals surface area contributed by atoms with Crippen molar-refractivity contribution in [2.45, 2.75) is 32.9 Å². The molecule has 0 aliphatic heterocycles. The number of ether oxygens (including phenoxy) is 1. The van der Waals surface area contributed by atoms with Gasteiger partial charge in [-0.05, 0) is 42.8 Å². The van der Waals surface area contributed by atoms with E-state index >= 15 is 0 Å². The summed E-state index contributed by atoms with van der Waals surface area (Å²) in [5.74, 6) is 2.25. The summed E-state index contributed by atoms with van der Waals surface area (Å²) in [4.78, 5) is 14.2. The Morgan fingerprint density at radius 1 is 1.19 bits per heavy atom. The average Bonchev–Trinajstić information content (AvgIpc) is 3.33. The number of nitrogens with zero attached hydrogens (tertiary/aromatic N) is 2. The molecule has 0 radical (unpaired) electrons. The first-order chi connectivity index (χ1) is 12.7. The molecule has 0 unspecified atom stereocenters. The molecule has 1 aromatic carbocycles. The van der Waals surface area contributed by atoms with E-state index < -0.39 is 0 Å². The van der Waals surface area contributed by atoms with Crippen LogP contribution in [0.15, 0.2) is 57.7 Å². The summed E-state index contributed by atoms with van der Waals surface area (Å²) >= 11 is 0. The number of carbonyl (C=O) groups excluding carboxylic acids is 1. The fourth-order valence-electron chi connectivity index (χ4n) is 2.67. The Balaban J connectivity index is 1.74. The molecule has 3 rings (SSSR count). The van der Waals surface area contributed by atoms with Crippen LogP contribution in [-0.2, 0) is 17.9 Å². The van der Waals surface area contributed by atoms with Crippen molar-refractivity contribution >= 4 is 5.91 Å². The molecule has 0 saturated heterocycles. The van der Waals surface area contributed by atoms with E-state index in [2.05, 4.69) is 5.16 Å². The molecule has 1 amide bonds. The summed E-state index contributed by atoms with van der Waals surface area (Å²) in [6.45, 7) is 2.77. The second kappa shape index (κ2) is 8.38. The summed E-state index contributed by atoms with van der Waals surface area (Å²) < 4.78 is 16.0. The van der Waals surface area contributed by atoms with Gasteiger partial charge in [0.2, 0.25) is 5.91 Å². The zero-order valence-electron chi connectivity index (χ0n) is 15.0. The number of benzene rings is 1. The van der Waals surface area contributed by atoms with Crippen molar-refractivity contribution in [3.63, 3.8) is 0 Å². The van der Waals surface area contributed by atoms with Gasteiger partial charge in [-0.25, -0.2) is 0 Å². The van der Waals surface area contributed by atoms with E-state index in [1.807, 2.05) is 49.4 Å². The van der Waals surface area contributed by atoms with Crippen molar-refractivity contribution in [1.82, 2.24) is 10.1 Å². The molecule has 0 fully saturated rings. The third kappa shape index (κ3) is 4.33. The predicted molar refractivity (Wildman–Crippen MR) is 96.4 cm³/mol. The Labute approximate surface area is 152 Å². The number of aromatic nitrogens is 1. The summed E-state index contributed by atoms with van der Waals surface area (Å²) in [5, 5.41) is 4.12. The molecule has 0 bridgehead atoms. The van der Waals surface area contributed by atoms with Crippen molar-refractivity contribution in [1.29, 1.82) is 0 Å². The topological polar surface area (TPSA) is 68.7 Å². The second-order valence-electron chi connectivity index (χ2n) is 5.99. The minimum atomic E-state index is 0.0675. The van der Waals surface area contributed by atoms with E-state index in [0.717, 1.165) is 23.5 Å². The van der Waals surface area contributed by atoms with E-state index in [0.29, 0.717) is 31.0 Å². The van der Waals surface area contributed by atoms with Crippen molar-refractivity contribution in [3.8, 4) is 17.1 Å². The molecular formula is C20H22N2O4. The normalized spacial score (nSPS) is 10.7. The molecular weight excluding hydrogens is 332 g/mol. The summed E-state index contributed by atoms with van der Waals surface area (Å²) in [7, 11) is 1.63. The maximum atomic E-state index is 12.4. The Hall–Kier alpha value is -3.02. The SMILES string of the molecule is CCCC(=O)N(Cc1cc(-c2ccc(OC)cc2)on1)Cc1ccco1. The van der Waals surface area contributed by atoms with Gasteiger partial charge in [0.15, 0.2) is 5.76 Å². The fourth-order valence-corrected chi connectivity index (χ4v) is 2.67. The second-order valence-corrected chi connectivity index (χ2v) is 5.99. The van der Waals surface area contributed by atoms with Crippen LogP contribution in [0.4, 0.5) is 0 Å². The molecule has 0 saturated carbocycles. The van der Waals surface area contributed by atoms with Gasteiger partial charge >= 0.3 is 0 Å². The number of rotatable bonds is 8. The highest BCUT2D eigenvalue weighted by Gasteiger charge is 2.17. The first kappa shape index (κ1) is 17.8. The van der Waals surface area contributed by atoms with Crippen LogP contribution in [0.5, 0.6) is 5.75 Å². The van der Waals surface area contributed by atoms with Gasteiger partial charge in [0, 0.05) is 18.1 Å². The van der Waals surface area contributed by atoms with Crippen LogP contribution in [0.25, 0.3) is 11.3 Å². The van der Waals surface area contributed by atoms with Crippen LogP contribution in [0.1, 0.15) is 31.2 Å². The first-order valence-corrected chi connectivity index (χ1v) is 8.59. The number of hydrogen-bond donors (Lipinski definition) is 0. The van der Waals surface area contributed by atoms with E-state index in [1.54, 1.807) is 18.3 Å². The highest BCUT2D eigenvalue weighted by Crippen LogP contribution is 2.24. The van der Waals surface area contributed by atoms with Crippen LogP contribution in [-0.4, -0.2) is 23.1 Å². The Kier molecular flexibility index (Phi) is 5.73. The Bertz CT molecular complexity index is 822. The van der Waals surface area contributed by atoms with Gasteiger partial charge in [0.1, 0.15) is 17.2 Å². The molecule has 3 aromatic rings. The number of carbonyl (C=O) groups is 1. The van der Waals surface area contributed by atoms with Crippen LogP contribution in [0.3, 0.4) is 0 Å². The molecule has 0 aliphatic carbocycles. The molecule has 6 heteroatoms.